The van der Waals surface area contributed by atoms with Crippen LogP contribution in [0.4, 0.5) is 5.69 Å². The van der Waals surface area contributed by atoms with Gasteiger partial charge in [0, 0.05) is 11.3 Å². The van der Waals surface area contributed by atoms with Crippen molar-refractivity contribution < 1.29 is 17.9 Å². The Kier molecular flexibility index (Phi) is 5.05. The molecule has 2 aromatic carbocycles. The number of Topliss-reactive ketones (excluding diaryl/α,β-unsaturated/α-hetero) is 1. The van der Waals surface area contributed by atoms with E-state index in [-0.39, 0.29) is 10.7 Å². The minimum Gasteiger partial charge on any atom is -0.496 e. The smallest absolute Gasteiger partial charge is 0.261 e. The van der Waals surface area contributed by atoms with E-state index in [1.165, 1.54) is 19.1 Å². The molecular formula is C17H19NO4S. The van der Waals surface area contributed by atoms with E-state index in [1.54, 1.807) is 37.4 Å². The number of carbonyl (C=O) groups is 1. The lowest BCUT2D eigenvalue weighted by molar-refractivity contribution is 0.101. The Bertz CT molecular complexity index is 828. The Morgan fingerprint density at radius 1 is 1.17 bits per heavy atom. The highest BCUT2D eigenvalue weighted by Gasteiger charge is 2.16. The van der Waals surface area contributed by atoms with E-state index in [1.807, 2.05) is 6.92 Å². The first-order chi connectivity index (χ1) is 10.9. The zero-order valence-corrected chi connectivity index (χ0v) is 14.1. The minimum atomic E-state index is -3.73. The number of nitrogens with one attached hydrogen (secondary N) is 1. The summed E-state index contributed by atoms with van der Waals surface area (Å²) >= 11 is 0. The Balaban J connectivity index is 2.35. The third-order valence-corrected chi connectivity index (χ3v) is 4.84. The van der Waals surface area contributed by atoms with E-state index < -0.39 is 10.0 Å². The highest BCUT2D eigenvalue weighted by molar-refractivity contribution is 7.92. The molecule has 0 spiro atoms. The van der Waals surface area contributed by atoms with Crippen molar-refractivity contribution in [2.24, 2.45) is 0 Å². The van der Waals surface area contributed by atoms with Crippen LogP contribution in [-0.4, -0.2) is 21.3 Å². The maximum atomic E-state index is 12.5. The third-order valence-electron chi connectivity index (χ3n) is 3.46. The van der Waals surface area contributed by atoms with E-state index in [9.17, 15) is 13.2 Å². The summed E-state index contributed by atoms with van der Waals surface area (Å²) in [6.07, 6.45) is 0.659. The summed E-state index contributed by atoms with van der Waals surface area (Å²) in [5.74, 6) is 0.536. The minimum absolute atomic E-state index is 0.122. The van der Waals surface area contributed by atoms with E-state index in [0.717, 1.165) is 5.56 Å². The molecule has 0 radical (unpaired) electrons. The molecule has 1 N–H and O–H groups in total. The van der Waals surface area contributed by atoms with Crippen LogP contribution >= 0.6 is 0 Å². The van der Waals surface area contributed by atoms with Gasteiger partial charge in [-0.1, -0.05) is 19.1 Å². The molecule has 0 amide bonds. The quantitative estimate of drug-likeness (QED) is 0.824. The summed E-state index contributed by atoms with van der Waals surface area (Å²) in [7, 11) is -2.18. The third kappa shape index (κ3) is 3.90. The number of anilines is 1. The van der Waals surface area contributed by atoms with Crippen molar-refractivity contribution in [1.29, 1.82) is 0 Å². The SMILES string of the molecule is CCc1cc(S(=O)(=O)Nc2cccc(C(C)=O)c2)ccc1OC. The molecule has 0 aromatic heterocycles. The summed E-state index contributed by atoms with van der Waals surface area (Å²) < 4.78 is 32.7. The number of benzene rings is 2. The number of ketones is 1. The van der Waals surface area contributed by atoms with Crippen LogP contribution in [0.25, 0.3) is 0 Å². The van der Waals surface area contributed by atoms with Crippen LogP contribution in [0.3, 0.4) is 0 Å². The second-order valence-electron chi connectivity index (χ2n) is 5.07. The van der Waals surface area contributed by atoms with Gasteiger partial charge >= 0.3 is 0 Å². The van der Waals surface area contributed by atoms with Crippen molar-refractivity contribution in [3.63, 3.8) is 0 Å². The Morgan fingerprint density at radius 2 is 1.91 bits per heavy atom. The fourth-order valence-corrected chi connectivity index (χ4v) is 3.31. The highest BCUT2D eigenvalue weighted by atomic mass is 32.2. The van der Waals surface area contributed by atoms with Gasteiger partial charge in [0.1, 0.15) is 5.75 Å². The first kappa shape index (κ1) is 17.0. The molecule has 0 aliphatic rings. The largest absolute Gasteiger partial charge is 0.496 e. The van der Waals surface area contributed by atoms with E-state index in [0.29, 0.717) is 23.4 Å². The fraction of sp³-hybridized carbons (Fsp3) is 0.235. The average Bonchev–Trinajstić information content (AvgIpc) is 2.53. The number of methoxy groups -OCH3 is 1. The zero-order chi connectivity index (χ0) is 17.0. The molecular weight excluding hydrogens is 314 g/mol. The van der Waals surface area contributed by atoms with Gasteiger partial charge in [0.05, 0.1) is 12.0 Å². The van der Waals surface area contributed by atoms with E-state index in [2.05, 4.69) is 4.72 Å². The monoisotopic (exact) mass is 333 g/mol. The van der Waals surface area contributed by atoms with Crippen molar-refractivity contribution in [2.75, 3.05) is 11.8 Å². The molecule has 23 heavy (non-hydrogen) atoms. The van der Waals surface area contributed by atoms with Gasteiger partial charge in [0.2, 0.25) is 0 Å². The summed E-state index contributed by atoms with van der Waals surface area (Å²) in [6.45, 7) is 3.36. The number of ether oxygens (including phenoxy) is 1. The highest BCUT2D eigenvalue weighted by Crippen LogP contribution is 2.24. The molecule has 5 nitrogen and oxygen atoms in total. The number of carbonyl (C=O) groups excluding carboxylic acids is 1. The van der Waals surface area contributed by atoms with Gasteiger partial charge < -0.3 is 4.74 Å². The van der Waals surface area contributed by atoms with E-state index in [4.69, 9.17) is 4.74 Å². The number of rotatable bonds is 6. The summed E-state index contributed by atoms with van der Waals surface area (Å²) in [5, 5.41) is 0. The molecule has 2 rings (SSSR count). The molecule has 6 heteroatoms. The lowest BCUT2D eigenvalue weighted by Gasteiger charge is -2.12. The standard InChI is InChI=1S/C17H19NO4S/c1-4-13-11-16(8-9-17(13)22-3)23(20,21)18-15-7-5-6-14(10-15)12(2)19/h5-11,18H,4H2,1-3H3. The first-order valence-corrected chi connectivity index (χ1v) is 8.66. The molecule has 0 unspecified atom stereocenters. The Morgan fingerprint density at radius 3 is 2.52 bits per heavy atom. The topological polar surface area (TPSA) is 72.5 Å². The second kappa shape index (κ2) is 6.83. The molecule has 0 bridgehead atoms. The van der Waals surface area contributed by atoms with Crippen molar-refractivity contribution in [1.82, 2.24) is 0 Å². The van der Waals surface area contributed by atoms with Crippen LogP contribution in [0, 0.1) is 0 Å². The van der Waals surface area contributed by atoms with Crippen LogP contribution in [0.15, 0.2) is 47.4 Å². The lowest BCUT2D eigenvalue weighted by Crippen LogP contribution is -2.13. The van der Waals surface area contributed by atoms with Crippen LogP contribution in [0.1, 0.15) is 29.8 Å². The number of aryl methyl sites for hydroxylation is 1. The molecule has 0 saturated heterocycles. The fourth-order valence-electron chi connectivity index (χ4n) is 2.21. The van der Waals surface area contributed by atoms with Crippen LogP contribution < -0.4 is 9.46 Å². The number of hydrogen-bond acceptors (Lipinski definition) is 4. The molecule has 0 atom stereocenters. The molecule has 122 valence electrons. The van der Waals surface area contributed by atoms with Gasteiger partial charge in [0.25, 0.3) is 10.0 Å². The summed E-state index contributed by atoms with van der Waals surface area (Å²) in [6, 6.07) is 11.1. The van der Waals surface area contributed by atoms with Gasteiger partial charge in [-0.05, 0) is 49.2 Å². The normalized spacial score (nSPS) is 11.1. The van der Waals surface area contributed by atoms with Crippen molar-refractivity contribution in [3.05, 3.63) is 53.6 Å². The van der Waals surface area contributed by atoms with E-state index >= 15 is 0 Å². The van der Waals surface area contributed by atoms with Crippen LogP contribution in [0.2, 0.25) is 0 Å². The summed E-state index contributed by atoms with van der Waals surface area (Å²) in [4.78, 5) is 11.6. The predicted octanol–water partition coefficient (Wildman–Crippen LogP) is 3.26. The van der Waals surface area contributed by atoms with Crippen molar-refractivity contribution in [3.8, 4) is 5.75 Å². The molecule has 0 saturated carbocycles. The Hall–Kier alpha value is -2.34. The zero-order valence-electron chi connectivity index (χ0n) is 13.3. The lowest BCUT2D eigenvalue weighted by atomic mass is 10.1. The van der Waals surface area contributed by atoms with Crippen LogP contribution in [-0.2, 0) is 16.4 Å². The second-order valence-corrected chi connectivity index (χ2v) is 6.75. The molecule has 0 heterocycles. The van der Waals surface area contributed by atoms with Crippen molar-refractivity contribution in [2.45, 2.75) is 25.2 Å². The van der Waals surface area contributed by atoms with Gasteiger partial charge in [0.15, 0.2) is 5.78 Å². The molecule has 2 aromatic rings. The van der Waals surface area contributed by atoms with Gasteiger partial charge in [-0.15, -0.1) is 0 Å². The first-order valence-electron chi connectivity index (χ1n) is 7.18. The van der Waals surface area contributed by atoms with Gasteiger partial charge in [-0.3, -0.25) is 9.52 Å². The summed E-state index contributed by atoms with van der Waals surface area (Å²) in [5.41, 5.74) is 1.62. The Labute approximate surface area is 136 Å². The van der Waals surface area contributed by atoms with Crippen LogP contribution in [0.5, 0.6) is 5.75 Å². The maximum Gasteiger partial charge on any atom is 0.261 e. The average molecular weight is 333 g/mol. The van der Waals surface area contributed by atoms with Gasteiger partial charge in [-0.25, -0.2) is 8.42 Å². The number of sulfonamides is 1. The molecule has 0 fully saturated rings. The number of hydrogen-bond donors (Lipinski definition) is 1. The molecule has 0 aliphatic carbocycles. The van der Waals surface area contributed by atoms with Crippen molar-refractivity contribution >= 4 is 21.5 Å². The maximum absolute atomic E-state index is 12.5. The predicted molar refractivity (Wildman–Crippen MR) is 89.6 cm³/mol. The van der Waals surface area contributed by atoms with Gasteiger partial charge in [-0.2, -0.15) is 0 Å². The molecule has 0 aliphatic heterocycles.